The van der Waals surface area contributed by atoms with Crippen LogP contribution in [-0.2, 0) is 0 Å². The summed E-state index contributed by atoms with van der Waals surface area (Å²) in [6.07, 6.45) is 0. The molecule has 0 atom stereocenters. The lowest BCUT2D eigenvalue weighted by molar-refractivity contribution is -0.384. The Morgan fingerprint density at radius 3 is 2.64 bits per heavy atom. The summed E-state index contributed by atoms with van der Waals surface area (Å²) in [6.45, 7) is 1.63. The quantitative estimate of drug-likeness (QED) is 0.473. The van der Waals surface area contributed by atoms with Crippen molar-refractivity contribution in [1.82, 2.24) is 5.32 Å². The highest BCUT2D eigenvalue weighted by Gasteiger charge is 2.15. The summed E-state index contributed by atoms with van der Waals surface area (Å²) in [4.78, 5) is 22.7. The van der Waals surface area contributed by atoms with Gasteiger partial charge in [-0.3, -0.25) is 14.9 Å². The number of nitrogens with zero attached hydrogens (tertiary/aromatic N) is 1. The van der Waals surface area contributed by atoms with Gasteiger partial charge in [-0.15, -0.1) is 0 Å². The fraction of sp³-hybridized carbons (Fsp3) is 0.235. The second-order valence-corrected chi connectivity index (χ2v) is 5.32. The molecular weight excluding hydrogens is 326 g/mol. The maximum Gasteiger partial charge on any atom is 0.292 e. The lowest BCUT2D eigenvalue weighted by Crippen LogP contribution is -2.29. The molecule has 25 heavy (non-hydrogen) atoms. The molecule has 1 amide bonds. The number of carbonyl (C=O) groups excluding carboxylic acids is 1. The van der Waals surface area contributed by atoms with Gasteiger partial charge in [0.15, 0.2) is 11.5 Å². The molecule has 2 N–H and O–H groups in total. The average Bonchev–Trinajstić information content (AvgIpc) is 2.64. The predicted molar refractivity (Wildman–Crippen MR) is 91.4 cm³/mol. The van der Waals surface area contributed by atoms with E-state index >= 15 is 0 Å². The Balaban J connectivity index is 1.52. The van der Waals surface area contributed by atoms with Crippen molar-refractivity contribution >= 4 is 17.3 Å². The minimum absolute atomic E-state index is 0.000613. The van der Waals surface area contributed by atoms with Crippen molar-refractivity contribution in [3.63, 3.8) is 0 Å². The van der Waals surface area contributed by atoms with Gasteiger partial charge in [0.1, 0.15) is 18.9 Å². The van der Waals surface area contributed by atoms with Crippen molar-refractivity contribution in [1.29, 1.82) is 0 Å². The van der Waals surface area contributed by atoms with Crippen LogP contribution in [0.5, 0.6) is 11.5 Å². The number of amides is 1. The van der Waals surface area contributed by atoms with Gasteiger partial charge in [0.25, 0.3) is 11.6 Å². The Labute approximate surface area is 143 Å². The first-order chi connectivity index (χ1) is 12.1. The minimum Gasteiger partial charge on any atom is -0.486 e. The number of fused-ring (bicyclic) bond motifs is 1. The second kappa shape index (κ2) is 7.52. The number of nitro groups is 1. The number of nitrogens with one attached hydrogen (secondary N) is 2. The molecule has 2 aromatic carbocycles. The van der Waals surface area contributed by atoms with Gasteiger partial charge in [0.2, 0.25) is 0 Å². The van der Waals surface area contributed by atoms with E-state index in [0.717, 1.165) is 0 Å². The van der Waals surface area contributed by atoms with E-state index in [0.29, 0.717) is 49.1 Å². The van der Waals surface area contributed by atoms with Gasteiger partial charge >= 0.3 is 0 Å². The molecule has 1 aliphatic heterocycles. The van der Waals surface area contributed by atoms with Gasteiger partial charge in [0, 0.05) is 24.7 Å². The third-order valence-corrected chi connectivity index (χ3v) is 3.63. The summed E-state index contributed by atoms with van der Waals surface area (Å²) >= 11 is 0. The highest BCUT2D eigenvalue weighted by molar-refractivity contribution is 5.94. The molecule has 0 aliphatic carbocycles. The molecule has 0 fully saturated rings. The molecule has 0 radical (unpaired) electrons. The van der Waals surface area contributed by atoms with E-state index in [9.17, 15) is 14.9 Å². The van der Waals surface area contributed by atoms with Gasteiger partial charge in [-0.25, -0.2) is 0 Å². The predicted octanol–water partition coefficient (Wildman–Crippen LogP) is 2.21. The van der Waals surface area contributed by atoms with Crippen LogP contribution in [-0.4, -0.2) is 37.1 Å². The number of rotatable bonds is 6. The van der Waals surface area contributed by atoms with E-state index in [4.69, 9.17) is 9.47 Å². The first-order valence-electron chi connectivity index (χ1n) is 7.80. The molecule has 1 heterocycles. The van der Waals surface area contributed by atoms with Crippen molar-refractivity contribution in [3.05, 3.63) is 58.1 Å². The van der Waals surface area contributed by atoms with Crippen molar-refractivity contribution in [2.24, 2.45) is 0 Å². The fourth-order valence-corrected chi connectivity index (χ4v) is 2.44. The molecule has 3 rings (SSSR count). The topological polar surface area (TPSA) is 103 Å². The summed E-state index contributed by atoms with van der Waals surface area (Å²) in [5, 5.41) is 16.6. The molecule has 130 valence electrons. The smallest absolute Gasteiger partial charge is 0.292 e. The zero-order chi connectivity index (χ0) is 17.6. The van der Waals surface area contributed by atoms with Crippen molar-refractivity contribution in [3.8, 4) is 11.5 Å². The molecule has 8 heteroatoms. The zero-order valence-corrected chi connectivity index (χ0v) is 13.4. The van der Waals surface area contributed by atoms with Gasteiger partial charge < -0.3 is 20.1 Å². The molecule has 1 aliphatic rings. The summed E-state index contributed by atoms with van der Waals surface area (Å²) in [6, 6.07) is 11.4. The summed E-state index contributed by atoms with van der Waals surface area (Å²) in [5.41, 5.74) is 0.886. The normalized spacial score (nSPS) is 12.3. The van der Waals surface area contributed by atoms with Gasteiger partial charge in [-0.2, -0.15) is 0 Å². The summed E-state index contributed by atoms with van der Waals surface area (Å²) in [7, 11) is 0. The van der Waals surface area contributed by atoms with E-state index < -0.39 is 4.92 Å². The molecule has 0 saturated heterocycles. The van der Waals surface area contributed by atoms with Gasteiger partial charge in [0.05, 0.1) is 4.92 Å². The van der Waals surface area contributed by atoms with Crippen LogP contribution >= 0.6 is 0 Å². The number of hydrogen-bond acceptors (Lipinski definition) is 6. The summed E-state index contributed by atoms with van der Waals surface area (Å²) < 4.78 is 10.9. The zero-order valence-electron chi connectivity index (χ0n) is 13.4. The lowest BCUT2D eigenvalue weighted by atomic mass is 10.2. The molecule has 0 bridgehead atoms. The number of ether oxygens (including phenoxy) is 2. The molecule has 0 spiro atoms. The van der Waals surface area contributed by atoms with Crippen molar-refractivity contribution < 1.29 is 19.2 Å². The van der Waals surface area contributed by atoms with E-state index in [-0.39, 0.29) is 11.6 Å². The maximum atomic E-state index is 12.2. The first kappa shape index (κ1) is 16.6. The SMILES string of the molecule is O=C(NCCNc1ccccc1[N+](=O)[O-])c1ccc2c(c1)OCCO2. The van der Waals surface area contributed by atoms with Crippen molar-refractivity contribution in [2.45, 2.75) is 0 Å². The number of hydrogen-bond donors (Lipinski definition) is 2. The lowest BCUT2D eigenvalue weighted by Gasteiger charge is -2.18. The Morgan fingerprint density at radius 1 is 1.08 bits per heavy atom. The van der Waals surface area contributed by atoms with Gasteiger partial charge in [-0.1, -0.05) is 12.1 Å². The van der Waals surface area contributed by atoms with E-state index in [1.165, 1.54) is 6.07 Å². The van der Waals surface area contributed by atoms with E-state index in [1.807, 2.05) is 0 Å². The van der Waals surface area contributed by atoms with Crippen molar-refractivity contribution in [2.75, 3.05) is 31.6 Å². The molecule has 2 aromatic rings. The standard InChI is InChI=1S/C17H17N3O5/c21-17(12-5-6-15-16(11-12)25-10-9-24-15)19-8-7-18-13-3-1-2-4-14(13)20(22)23/h1-6,11,18H,7-10H2,(H,19,21). The number of carbonyl (C=O) groups is 1. The fourth-order valence-electron chi connectivity index (χ4n) is 2.44. The third kappa shape index (κ3) is 3.97. The molecule has 8 nitrogen and oxygen atoms in total. The number of benzene rings is 2. The largest absolute Gasteiger partial charge is 0.486 e. The highest BCUT2D eigenvalue weighted by Crippen LogP contribution is 2.30. The first-order valence-corrected chi connectivity index (χ1v) is 7.80. The molecule has 0 saturated carbocycles. The van der Waals surface area contributed by atoms with Crippen LogP contribution in [0.3, 0.4) is 0 Å². The van der Waals surface area contributed by atoms with Crippen LogP contribution in [0.1, 0.15) is 10.4 Å². The van der Waals surface area contributed by atoms with E-state index in [2.05, 4.69) is 10.6 Å². The van der Waals surface area contributed by atoms with E-state index in [1.54, 1.807) is 36.4 Å². The monoisotopic (exact) mass is 343 g/mol. The highest BCUT2D eigenvalue weighted by atomic mass is 16.6. The maximum absolute atomic E-state index is 12.2. The Bertz CT molecular complexity index is 794. The van der Waals surface area contributed by atoms with Crippen LogP contribution in [0.25, 0.3) is 0 Å². The van der Waals surface area contributed by atoms with Crippen LogP contribution in [0, 0.1) is 10.1 Å². The molecule has 0 aromatic heterocycles. The van der Waals surface area contributed by atoms with Crippen LogP contribution in [0.2, 0.25) is 0 Å². The van der Waals surface area contributed by atoms with Gasteiger partial charge in [-0.05, 0) is 24.3 Å². The Kier molecular flexibility index (Phi) is 4.98. The van der Waals surface area contributed by atoms with Crippen LogP contribution in [0.15, 0.2) is 42.5 Å². The Hall–Kier alpha value is -3.29. The third-order valence-electron chi connectivity index (χ3n) is 3.63. The Morgan fingerprint density at radius 2 is 1.84 bits per heavy atom. The summed E-state index contributed by atoms with van der Waals surface area (Å²) in [5.74, 6) is 0.930. The van der Waals surface area contributed by atoms with Crippen LogP contribution < -0.4 is 20.1 Å². The molecule has 0 unspecified atom stereocenters. The minimum atomic E-state index is -0.448. The number of para-hydroxylation sites is 2. The average molecular weight is 343 g/mol. The van der Waals surface area contributed by atoms with Crippen LogP contribution in [0.4, 0.5) is 11.4 Å². The molecular formula is C17H17N3O5. The number of nitro benzene ring substituents is 1. The second-order valence-electron chi connectivity index (χ2n) is 5.32. The number of anilines is 1.